The van der Waals surface area contributed by atoms with Crippen molar-refractivity contribution in [3.63, 3.8) is 0 Å². The highest BCUT2D eigenvalue weighted by atomic mass is 35.5. The molecular weight excluding hydrogens is 343 g/mol. The van der Waals surface area contributed by atoms with E-state index in [0.29, 0.717) is 13.1 Å². The van der Waals surface area contributed by atoms with Gasteiger partial charge in [0.25, 0.3) is 0 Å². The molecule has 1 aromatic rings. The van der Waals surface area contributed by atoms with E-state index in [4.69, 9.17) is 0 Å². The number of piperazine rings is 1. The molecule has 1 atom stereocenters. The summed E-state index contributed by atoms with van der Waals surface area (Å²) in [5.41, 5.74) is 0.0987. The van der Waals surface area contributed by atoms with Crippen LogP contribution in [0.1, 0.15) is 24.1 Å². The summed E-state index contributed by atoms with van der Waals surface area (Å²) in [6.07, 6.45) is -4.33. The van der Waals surface area contributed by atoms with Gasteiger partial charge in [-0.3, -0.25) is 9.69 Å². The quantitative estimate of drug-likeness (QED) is 0.890. The van der Waals surface area contributed by atoms with E-state index in [-0.39, 0.29) is 30.9 Å². The highest BCUT2D eigenvalue weighted by molar-refractivity contribution is 5.85. The summed E-state index contributed by atoms with van der Waals surface area (Å²) in [6, 6.07) is 4.97. The van der Waals surface area contributed by atoms with E-state index >= 15 is 0 Å². The van der Waals surface area contributed by atoms with Crippen molar-refractivity contribution >= 4 is 18.3 Å². The molecule has 1 aliphatic rings. The van der Waals surface area contributed by atoms with Crippen LogP contribution < -0.4 is 5.32 Å². The number of nitrogens with one attached hydrogen (secondary N) is 1. The lowest BCUT2D eigenvalue weighted by Gasteiger charge is -2.31. The number of carbonyl (C=O) groups excluding carboxylic acids is 1. The van der Waals surface area contributed by atoms with E-state index in [1.165, 1.54) is 12.1 Å². The van der Waals surface area contributed by atoms with Crippen molar-refractivity contribution in [3.05, 3.63) is 35.4 Å². The van der Waals surface area contributed by atoms with E-state index in [2.05, 4.69) is 5.32 Å². The molecule has 136 valence electrons. The highest BCUT2D eigenvalue weighted by Crippen LogP contribution is 2.30. The largest absolute Gasteiger partial charge is 0.416 e. The Morgan fingerprint density at radius 1 is 1.25 bits per heavy atom. The first-order valence-corrected chi connectivity index (χ1v) is 7.65. The summed E-state index contributed by atoms with van der Waals surface area (Å²) in [5.74, 6) is 0.0489. The number of rotatable bonds is 4. The van der Waals surface area contributed by atoms with Crippen molar-refractivity contribution in [2.75, 3.05) is 39.8 Å². The van der Waals surface area contributed by atoms with Gasteiger partial charge in [-0.15, -0.1) is 12.4 Å². The van der Waals surface area contributed by atoms with E-state index < -0.39 is 11.7 Å². The standard InChI is InChI=1S/C16H22F3N3O.ClH/c1-12(13-3-5-14(6-4-13)16(17,18)19)21(2)11-15(23)22-9-7-20-8-10-22;/h3-6,12,20H,7-11H2,1-2H3;1H. The maximum absolute atomic E-state index is 12.6. The third-order valence-corrected chi connectivity index (χ3v) is 4.24. The molecule has 1 fully saturated rings. The molecule has 24 heavy (non-hydrogen) atoms. The summed E-state index contributed by atoms with van der Waals surface area (Å²) >= 11 is 0. The second kappa shape index (κ2) is 8.69. The number of alkyl halides is 3. The van der Waals surface area contributed by atoms with Gasteiger partial charge in [0.05, 0.1) is 12.1 Å². The predicted molar refractivity (Wildman–Crippen MR) is 89.2 cm³/mol. The van der Waals surface area contributed by atoms with E-state index in [1.807, 2.05) is 23.8 Å². The molecule has 0 aromatic heterocycles. The minimum atomic E-state index is -4.33. The van der Waals surface area contributed by atoms with Crippen LogP contribution in [0.5, 0.6) is 0 Å². The van der Waals surface area contributed by atoms with Gasteiger partial charge in [0.2, 0.25) is 5.91 Å². The molecule has 1 aliphatic heterocycles. The second-order valence-corrected chi connectivity index (χ2v) is 5.84. The predicted octanol–water partition coefficient (Wildman–Crippen LogP) is 2.55. The fourth-order valence-electron chi connectivity index (χ4n) is 2.57. The molecule has 0 bridgehead atoms. The number of nitrogens with zero attached hydrogens (tertiary/aromatic N) is 2. The fraction of sp³-hybridized carbons (Fsp3) is 0.562. The molecule has 0 spiro atoms. The maximum atomic E-state index is 12.6. The highest BCUT2D eigenvalue weighted by Gasteiger charge is 2.30. The van der Waals surface area contributed by atoms with Crippen molar-refractivity contribution in [1.82, 2.24) is 15.1 Å². The van der Waals surface area contributed by atoms with Crippen LogP contribution in [0.3, 0.4) is 0 Å². The van der Waals surface area contributed by atoms with Gasteiger partial charge in [-0.2, -0.15) is 13.2 Å². The van der Waals surface area contributed by atoms with Gasteiger partial charge < -0.3 is 10.2 Å². The number of carbonyl (C=O) groups is 1. The topological polar surface area (TPSA) is 35.6 Å². The summed E-state index contributed by atoms with van der Waals surface area (Å²) < 4.78 is 37.8. The van der Waals surface area contributed by atoms with Crippen molar-refractivity contribution < 1.29 is 18.0 Å². The zero-order chi connectivity index (χ0) is 17.0. The zero-order valence-electron chi connectivity index (χ0n) is 13.8. The summed E-state index contributed by atoms with van der Waals surface area (Å²) in [5, 5.41) is 3.19. The van der Waals surface area contributed by atoms with Crippen LogP contribution in [-0.4, -0.2) is 55.5 Å². The van der Waals surface area contributed by atoms with Crippen LogP contribution in [-0.2, 0) is 11.0 Å². The van der Waals surface area contributed by atoms with Crippen LogP contribution >= 0.6 is 12.4 Å². The summed E-state index contributed by atoms with van der Waals surface area (Å²) in [4.78, 5) is 15.9. The van der Waals surface area contributed by atoms with Gasteiger partial charge in [-0.1, -0.05) is 12.1 Å². The van der Waals surface area contributed by atoms with Crippen LogP contribution in [0.15, 0.2) is 24.3 Å². The van der Waals surface area contributed by atoms with Crippen molar-refractivity contribution in [2.24, 2.45) is 0 Å². The Balaban J connectivity index is 0.00000288. The molecular formula is C16H23ClF3N3O. The average molecular weight is 366 g/mol. The molecule has 1 aromatic carbocycles. The second-order valence-electron chi connectivity index (χ2n) is 5.84. The lowest BCUT2D eigenvalue weighted by Crippen LogP contribution is -2.49. The smallest absolute Gasteiger partial charge is 0.339 e. The molecule has 1 heterocycles. The van der Waals surface area contributed by atoms with Gasteiger partial charge in [-0.25, -0.2) is 0 Å². The number of benzene rings is 1. The lowest BCUT2D eigenvalue weighted by atomic mass is 10.0. The third kappa shape index (κ3) is 5.36. The molecule has 2 rings (SSSR count). The Hall–Kier alpha value is -1.31. The molecule has 8 heteroatoms. The number of hydrogen-bond donors (Lipinski definition) is 1. The van der Waals surface area contributed by atoms with Crippen LogP contribution in [0.4, 0.5) is 13.2 Å². The molecule has 1 amide bonds. The van der Waals surface area contributed by atoms with Crippen molar-refractivity contribution in [2.45, 2.75) is 19.1 Å². The number of likely N-dealkylation sites (N-methyl/N-ethyl adjacent to an activating group) is 1. The maximum Gasteiger partial charge on any atom is 0.416 e. The summed E-state index contributed by atoms with van der Waals surface area (Å²) in [6.45, 7) is 5.12. The van der Waals surface area contributed by atoms with Crippen molar-refractivity contribution in [3.8, 4) is 0 Å². The zero-order valence-corrected chi connectivity index (χ0v) is 14.6. The Kier molecular flexibility index (Phi) is 7.51. The number of amides is 1. The first-order valence-electron chi connectivity index (χ1n) is 7.65. The van der Waals surface area contributed by atoms with Gasteiger partial charge >= 0.3 is 6.18 Å². The van der Waals surface area contributed by atoms with Crippen LogP contribution in [0, 0.1) is 0 Å². The number of halogens is 4. The molecule has 4 nitrogen and oxygen atoms in total. The first-order chi connectivity index (χ1) is 10.8. The van der Waals surface area contributed by atoms with E-state index in [1.54, 1.807) is 0 Å². The SMILES string of the molecule is CC(c1ccc(C(F)(F)F)cc1)N(C)CC(=O)N1CCNCC1.Cl. The minimum Gasteiger partial charge on any atom is -0.339 e. The Labute approximate surface area is 146 Å². The Bertz CT molecular complexity index is 530. The number of hydrogen-bond acceptors (Lipinski definition) is 3. The Morgan fingerprint density at radius 3 is 2.29 bits per heavy atom. The summed E-state index contributed by atoms with van der Waals surface area (Å²) in [7, 11) is 1.81. The molecule has 1 N–H and O–H groups in total. The minimum absolute atomic E-state index is 0. The molecule has 0 saturated carbocycles. The van der Waals surface area contributed by atoms with Gasteiger partial charge in [0, 0.05) is 32.2 Å². The fourth-order valence-corrected chi connectivity index (χ4v) is 2.57. The first kappa shape index (κ1) is 20.7. The molecule has 1 unspecified atom stereocenters. The molecule has 0 radical (unpaired) electrons. The van der Waals surface area contributed by atoms with E-state index in [0.717, 1.165) is 30.8 Å². The van der Waals surface area contributed by atoms with E-state index in [9.17, 15) is 18.0 Å². The van der Waals surface area contributed by atoms with Crippen molar-refractivity contribution in [1.29, 1.82) is 0 Å². The normalized spacial score (nSPS) is 16.7. The molecule has 0 aliphatic carbocycles. The molecule has 1 saturated heterocycles. The van der Waals surface area contributed by atoms with Gasteiger partial charge in [0.15, 0.2) is 0 Å². The average Bonchev–Trinajstić information content (AvgIpc) is 2.54. The monoisotopic (exact) mass is 365 g/mol. The third-order valence-electron chi connectivity index (χ3n) is 4.24. The van der Waals surface area contributed by atoms with Crippen LogP contribution in [0.25, 0.3) is 0 Å². The van der Waals surface area contributed by atoms with Crippen LogP contribution in [0.2, 0.25) is 0 Å². The Morgan fingerprint density at radius 2 is 1.79 bits per heavy atom. The lowest BCUT2D eigenvalue weighted by molar-refractivity contribution is -0.137. The van der Waals surface area contributed by atoms with Gasteiger partial charge in [0.1, 0.15) is 0 Å². The van der Waals surface area contributed by atoms with Gasteiger partial charge in [-0.05, 0) is 31.7 Å².